The van der Waals surface area contributed by atoms with Crippen molar-refractivity contribution in [3.8, 4) is 5.75 Å². The number of carbonyl (C=O) groups excluding carboxylic acids is 1. The molecule has 19 heavy (non-hydrogen) atoms. The number of phenols is 1. The molecule has 1 unspecified atom stereocenters. The number of carbonyl (C=O) groups is 1. The number of rotatable bonds is 7. The maximum absolute atomic E-state index is 13.0. The van der Waals surface area contributed by atoms with Crippen molar-refractivity contribution in [1.29, 1.82) is 0 Å². The van der Waals surface area contributed by atoms with Crippen molar-refractivity contribution in [2.45, 2.75) is 6.10 Å². The Morgan fingerprint density at radius 2 is 2.21 bits per heavy atom. The van der Waals surface area contributed by atoms with Crippen LogP contribution in [0.5, 0.6) is 5.75 Å². The van der Waals surface area contributed by atoms with E-state index in [4.69, 9.17) is 4.74 Å². The van der Waals surface area contributed by atoms with E-state index >= 15 is 0 Å². The van der Waals surface area contributed by atoms with Crippen LogP contribution in [0.15, 0.2) is 18.2 Å². The van der Waals surface area contributed by atoms with E-state index in [0.29, 0.717) is 0 Å². The van der Waals surface area contributed by atoms with E-state index in [1.54, 1.807) is 11.9 Å². The maximum Gasteiger partial charge on any atom is 0.180 e. The number of methoxy groups -OCH3 is 1. The SMILES string of the molecule is COCC(O)CN(C)CC(=O)c1cc(F)ccc1O. The third-order valence-electron chi connectivity index (χ3n) is 2.55. The molecule has 2 N–H and O–H groups in total. The van der Waals surface area contributed by atoms with E-state index in [1.807, 2.05) is 0 Å². The fraction of sp³-hybridized carbons (Fsp3) is 0.462. The van der Waals surface area contributed by atoms with Crippen LogP contribution in [-0.2, 0) is 4.74 Å². The minimum absolute atomic E-state index is 0.0300. The lowest BCUT2D eigenvalue weighted by molar-refractivity contribution is 0.0427. The molecule has 106 valence electrons. The zero-order valence-corrected chi connectivity index (χ0v) is 11.0. The summed E-state index contributed by atoms with van der Waals surface area (Å²) < 4.78 is 17.8. The third kappa shape index (κ3) is 4.94. The minimum atomic E-state index is -0.705. The number of nitrogens with zero attached hydrogens (tertiary/aromatic N) is 1. The summed E-state index contributed by atoms with van der Waals surface area (Å²) in [6, 6.07) is 3.22. The second-order valence-electron chi connectivity index (χ2n) is 4.39. The highest BCUT2D eigenvalue weighted by Gasteiger charge is 2.16. The number of hydrogen-bond acceptors (Lipinski definition) is 5. The summed E-state index contributed by atoms with van der Waals surface area (Å²) in [5.74, 6) is -1.25. The summed E-state index contributed by atoms with van der Waals surface area (Å²) in [4.78, 5) is 13.5. The van der Waals surface area contributed by atoms with Crippen LogP contribution < -0.4 is 0 Å². The topological polar surface area (TPSA) is 70.0 Å². The quantitative estimate of drug-likeness (QED) is 0.713. The van der Waals surface area contributed by atoms with Gasteiger partial charge in [-0.15, -0.1) is 0 Å². The van der Waals surface area contributed by atoms with Gasteiger partial charge in [-0.1, -0.05) is 0 Å². The Kier molecular flexibility index (Phi) is 5.88. The molecule has 1 aromatic carbocycles. The van der Waals surface area contributed by atoms with E-state index in [2.05, 4.69) is 0 Å². The van der Waals surface area contributed by atoms with Crippen LogP contribution in [0.25, 0.3) is 0 Å². The van der Waals surface area contributed by atoms with Crippen molar-refractivity contribution in [3.63, 3.8) is 0 Å². The summed E-state index contributed by atoms with van der Waals surface area (Å²) in [6.45, 7) is 0.386. The van der Waals surface area contributed by atoms with Crippen LogP contribution in [0.2, 0.25) is 0 Å². The Bertz CT molecular complexity index is 439. The smallest absolute Gasteiger partial charge is 0.180 e. The lowest BCUT2D eigenvalue weighted by Gasteiger charge is -2.19. The average molecular weight is 271 g/mol. The lowest BCUT2D eigenvalue weighted by atomic mass is 10.1. The van der Waals surface area contributed by atoms with E-state index in [-0.39, 0.29) is 31.0 Å². The standard InChI is InChI=1S/C13H18FNO4/c1-15(6-10(16)8-19-2)7-13(18)11-5-9(14)3-4-12(11)17/h3-5,10,16-17H,6-8H2,1-2H3. The number of benzene rings is 1. The Balaban J connectivity index is 2.61. The highest BCUT2D eigenvalue weighted by atomic mass is 19.1. The van der Waals surface area contributed by atoms with Crippen LogP contribution in [-0.4, -0.2) is 60.9 Å². The summed E-state index contributed by atoms with van der Waals surface area (Å²) in [7, 11) is 3.12. The number of likely N-dealkylation sites (N-methyl/N-ethyl adjacent to an activating group) is 1. The molecule has 0 aliphatic heterocycles. The van der Waals surface area contributed by atoms with Gasteiger partial charge in [0.2, 0.25) is 0 Å². The molecule has 6 heteroatoms. The lowest BCUT2D eigenvalue weighted by Crippen LogP contribution is -2.35. The summed E-state index contributed by atoms with van der Waals surface area (Å²) in [5.41, 5.74) is -0.0620. The number of aliphatic hydroxyl groups excluding tert-OH is 1. The average Bonchev–Trinajstić information content (AvgIpc) is 2.32. The highest BCUT2D eigenvalue weighted by Crippen LogP contribution is 2.18. The molecular formula is C13H18FNO4. The first kappa shape index (κ1) is 15.6. The Morgan fingerprint density at radius 3 is 2.84 bits per heavy atom. The zero-order valence-electron chi connectivity index (χ0n) is 11.0. The van der Waals surface area contributed by atoms with Gasteiger partial charge in [-0.3, -0.25) is 9.69 Å². The van der Waals surface area contributed by atoms with Crippen LogP contribution >= 0.6 is 0 Å². The molecule has 0 heterocycles. The number of aromatic hydroxyl groups is 1. The molecule has 1 rings (SSSR count). The number of phenolic OH excluding ortho intramolecular Hbond substituents is 1. The Hall–Kier alpha value is -1.50. The molecule has 0 saturated heterocycles. The largest absolute Gasteiger partial charge is 0.507 e. The van der Waals surface area contributed by atoms with Gasteiger partial charge in [0, 0.05) is 13.7 Å². The Morgan fingerprint density at radius 1 is 1.53 bits per heavy atom. The normalized spacial score (nSPS) is 12.7. The molecular weight excluding hydrogens is 253 g/mol. The summed E-state index contributed by atoms with van der Waals surface area (Å²) >= 11 is 0. The van der Waals surface area contributed by atoms with Crippen molar-refractivity contribution in [3.05, 3.63) is 29.6 Å². The van der Waals surface area contributed by atoms with Crippen LogP contribution in [0, 0.1) is 5.82 Å². The second kappa shape index (κ2) is 7.18. The summed E-state index contributed by atoms with van der Waals surface area (Å²) in [6.07, 6.45) is -0.705. The van der Waals surface area contributed by atoms with Gasteiger partial charge in [0.1, 0.15) is 11.6 Å². The molecule has 0 saturated carbocycles. The Labute approximate surface area is 111 Å². The molecule has 0 aliphatic carbocycles. The van der Waals surface area contributed by atoms with Crippen LogP contribution in [0.1, 0.15) is 10.4 Å². The van der Waals surface area contributed by atoms with Gasteiger partial charge in [0.05, 0.1) is 24.8 Å². The number of halogens is 1. The highest BCUT2D eigenvalue weighted by molar-refractivity contribution is 5.99. The fourth-order valence-corrected chi connectivity index (χ4v) is 1.73. The molecule has 0 fully saturated rings. The number of ether oxygens (including phenoxy) is 1. The predicted molar refractivity (Wildman–Crippen MR) is 67.8 cm³/mol. The van der Waals surface area contributed by atoms with Gasteiger partial charge >= 0.3 is 0 Å². The molecule has 0 amide bonds. The van der Waals surface area contributed by atoms with Crippen molar-refractivity contribution >= 4 is 5.78 Å². The molecule has 0 bridgehead atoms. The second-order valence-corrected chi connectivity index (χ2v) is 4.39. The van der Waals surface area contributed by atoms with E-state index in [1.165, 1.54) is 7.11 Å². The molecule has 0 aromatic heterocycles. The van der Waals surface area contributed by atoms with Crippen molar-refractivity contribution < 1.29 is 24.1 Å². The molecule has 5 nitrogen and oxygen atoms in total. The zero-order chi connectivity index (χ0) is 14.4. The first-order valence-electron chi connectivity index (χ1n) is 5.81. The number of Topliss-reactive ketones (excluding diaryl/α,β-unsaturated/α-hetero) is 1. The van der Waals surface area contributed by atoms with Crippen molar-refractivity contribution in [1.82, 2.24) is 4.90 Å². The van der Waals surface area contributed by atoms with Crippen LogP contribution in [0.3, 0.4) is 0 Å². The van der Waals surface area contributed by atoms with Gasteiger partial charge < -0.3 is 14.9 Å². The molecule has 0 spiro atoms. The number of aliphatic hydroxyl groups is 1. The first-order valence-corrected chi connectivity index (χ1v) is 5.81. The minimum Gasteiger partial charge on any atom is -0.507 e. The van der Waals surface area contributed by atoms with Crippen molar-refractivity contribution in [2.75, 3.05) is 33.9 Å². The molecule has 1 aromatic rings. The van der Waals surface area contributed by atoms with E-state index in [9.17, 15) is 19.4 Å². The van der Waals surface area contributed by atoms with E-state index in [0.717, 1.165) is 18.2 Å². The van der Waals surface area contributed by atoms with Gasteiger partial charge in [0.25, 0.3) is 0 Å². The van der Waals surface area contributed by atoms with Gasteiger partial charge in [-0.25, -0.2) is 4.39 Å². The molecule has 0 radical (unpaired) electrons. The third-order valence-corrected chi connectivity index (χ3v) is 2.55. The van der Waals surface area contributed by atoms with Gasteiger partial charge in [0.15, 0.2) is 5.78 Å². The maximum atomic E-state index is 13.0. The van der Waals surface area contributed by atoms with Gasteiger partial charge in [-0.2, -0.15) is 0 Å². The van der Waals surface area contributed by atoms with Gasteiger partial charge in [-0.05, 0) is 25.2 Å². The number of hydrogen-bond donors (Lipinski definition) is 2. The number of ketones is 1. The monoisotopic (exact) mass is 271 g/mol. The summed E-state index contributed by atoms with van der Waals surface area (Å²) in [5, 5.41) is 19.0. The van der Waals surface area contributed by atoms with Crippen LogP contribution in [0.4, 0.5) is 4.39 Å². The molecule has 1 atom stereocenters. The van der Waals surface area contributed by atoms with E-state index < -0.39 is 17.7 Å². The first-order chi connectivity index (χ1) is 8.93. The predicted octanol–water partition coefficient (Wildman–Crippen LogP) is 0.653. The fourth-order valence-electron chi connectivity index (χ4n) is 1.73. The van der Waals surface area contributed by atoms with Crippen molar-refractivity contribution in [2.24, 2.45) is 0 Å². The molecule has 0 aliphatic rings.